The van der Waals surface area contributed by atoms with Crippen molar-refractivity contribution in [2.45, 2.75) is 6.92 Å². The van der Waals surface area contributed by atoms with E-state index in [4.69, 9.17) is 22.7 Å². The van der Waals surface area contributed by atoms with E-state index < -0.39 is 0 Å². The molecule has 0 unspecified atom stereocenters. The standard InChI is InChI=1S/C13H14N4OS/c1-8-3-4-10(18-2)9(7-8)17-13-11(12(14)19)15-5-6-16-13/h3-7H,1-2H3,(H2,14,19)(H,16,17). The highest BCUT2D eigenvalue weighted by Crippen LogP contribution is 2.28. The molecule has 1 heterocycles. The van der Waals surface area contributed by atoms with Crippen molar-refractivity contribution in [1.29, 1.82) is 0 Å². The van der Waals surface area contributed by atoms with Crippen LogP contribution in [0.1, 0.15) is 11.3 Å². The number of benzene rings is 1. The molecular weight excluding hydrogens is 260 g/mol. The van der Waals surface area contributed by atoms with Crippen LogP contribution >= 0.6 is 12.2 Å². The van der Waals surface area contributed by atoms with E-state index in [1.807, 2.05) is 25.1 Å². The van der Waals surface area contributed by atoms with Crippen molar-refractivity contribution in [3.8, 4) is 5.75 Å². The molecule has 98 valence electrons. The fraction of sp³-hybridized carbons (Fsp3) is 0.154. The van der Waals surface area contributed by atoms with Gasteiger partial charge in [0, 0.05) is 12.4 Å². The third-order valence-corrected chi connectivity index (χ3v) is 2.73. The number of nitrogens with zero attached hydrogens (tertiary/aromatic N) is 2. The van der Waals surface area contributed by atoms with Crippen molar-refractivity contribution in [3.05, 3.63) is 41.9 Å². The van der Waals surface area contributed by atoms with Gasteiger partial charge >= 0.3 is 0 Å². The summed E-state index contributed by atoms with van der Waals surface area (Å²) in [5.41, 5.74) is 7.98. The maximum Gasteiger partial charge on any atom is 0.159 e. The Morgan fingerprint density at radius 2 is 2.05 bits per heavy atom. The number of hydrogen-bond donors (Lipinski definition) is 2. The number of ether oxygens (including phenoxy) is 1. The van der Waals surface area contributed by atoms with E-state index >= 15 is 0 Å². The topological polar surface area (TPSA) is 73.1 Å². The molecule has 0 atom stereocenters. The van der Waals surface area contributed by atoms with Gasteiger partial charge in [0.05, 0.1) is 12.8 Å². The molecule has 6 heteroatoms. The number of anilines is 2. The van der Waals surface area contributed by atoms with Crippen LogP contribution in [0.3, 0.4) is 0 Å². The van der Waals surface area contributed by atoms with Crippen LogP contribution < -0.4 is 15.8 Å². The summed E-state index contributed by atoms with van der Waals surface area (Å²) in [6, 6.07) is 5.81. The number of aryl methyl sites for hydroxylation is 1. The molecule has 2 aromatic rings. The summed E-state index contributed by atoms with van der Waals surface area (Å²) < 4.78 is 5.30. The lowest BCUT2D eigenvalue weighted by Crippen LogP contribution is -2.15. The zero-order chi connectivity index (χ0) is 13.8. The Bertz CT molecular complexity index is 615. The molecule has 0 fully saturated rings. The maximum absolute atomic E-state index is 5.63. The van der Waals surface area contributed by atoms with Crippen LogP contribution in [0.5, 0.6) is 5.75 Å². The summed E-state index contributed by atoms with van der Waals surface area (Å²) in [7, 11) is 1.61. The van der Waals surface area contributed by atoms with Crippen LogP contribution in [0.25, 0.3) is 0 Å². The van der Waals surface area contributed by atoms with Crippen molar-refractivity contribution in [1.82, 2.24) is 9.97 Å². The van der Waals surface area contributed by atoms with E-state index in [9.17, 15) is 0 Å². The first-order chi connectivity index (χ1) is 9.11. The fourth-order valence-electron chi connectivity index (χ4n) is 1.66. The van der Waals surface area contributed by atoms with Gasteiger partial charge in [-0.1, -0.05) is 18.3 Å². The second-order valence-electron chi connectivity index (χ2n) is 3.95. The third-order valence-electron chi connectivity index (χ3n) is 2.54. The first-order valence-corrected chi connectivity index (χ1v) is 6.05. The van der Waals surface area contributed by atoms with Gasteiger partial charge in [-0.3, -0.25) is 0 Å². The Balaban J connectivity index is 2.41. The van der Waals surface area contributed by atoms with Gasteiger partial charge in [0.25, 0.3) is 0 Å². The highest BCUT2D eigenvalue weighted by molar-refractivity contribution is 7.80. The Morgan fingerprint density at radius 1 is 1.32 bits per heavy atom. The molecule has 0 saturated heterocycles. The molecular formula is C13H14N4OS. The van der Waals surface area contributed by atoms with Crippen LogP contribution in [0.2, 0.25) is 0 Å². The molecule has 0 bridgehead atoms. The number of nitrogens with two attached hydrogens (primary N) is 1. The SMILES string of the molecule is COc1ccc(C)cc1Nc1nccnc1C(N)=S. The summed E-state index contributed by atoms with van der Waals surface area (Å²) in [5, 5.41) is 3.15. The van der Waals surface area contributed by atoms with Crippen molar-refractivity contribution in [2.75, 3.05) is 12.4 Å². The van der Waals surface area contributed by atoms with Crippen molar-refractivity contribution < 1.29 is 4.74 Å². The van der Waals surface area contributed by atoms with Gasteiger partial charge < -0.3 is 15.8 Å². The molecule has 19 heavy (non-hydrogen) atoms. The van der Waals surface area contributed by atoms with Gasteiger partial charge in [0.1, 0.15) is 16.4 Å². The Hall–Kier alpha value is -2.21. The number of aromatic nitrogens is 2. The van der Waals surface area contributed by atoms with E-state index in [-0.39, 0.29) is 4.99 Å². The smallest absolute Gasteiger partial charge is 0.159 e. The van der Waals surface area contributed by atoms with Crippen LogP contribution in [0.4, 0.5) is 11.5 Å². The largest absolute Gasteiger partial charge is 0.495 e. The molecule has 0 aliphatic carbocycles. The predicted octanol–water partition coefficient (Wildman–Crippen LogP) is 2.17. The lowest BCUT2D eigenvalue weighted by atomic mass is 10.2. The molecule has 5 nitrogen and oxygen atoms in total. The molecule has 1 aromatic heterocycles. The van der Waals surface area contributed by atoms with Crippen LogP contribution in [0.15, 0.2) is 30.6 Å². The molecule has 1 aromatic carbocycles. The number of thiocarbonyl (C=S) groups is 1. The average Bonchev–Trinajstić information content (AvgIpc) is 2.39. The average molecular weight is 274 g/mol. The minimum Gasteiger partial charge on any atom is -0.495 e. The zero-order valence-electron chi connectivity index (χ0n) is 10.7. The quantitative estimate of drug-likeness (QED) is 0.832. The van der Waals surface area contributed by atoms with E-state index in [0.717, 1.165) is 11.3 Å². The molecule has 0 aliphatic heterocycles. The monoisotopic (exact) mass is 274 g/mol. The van der Waals surface area contributed by atoms with Gasteiger partial charge in [-0.15, -0.1) is 0 Å². The maximum atomic E-state index is 5.63. The first kappa shape index (κ1) is 13.2. The minimum atomic E-state index is 0.196. The molecule has 2 rings (SSSR count). The number of hydrogen-bond acceptors (Lipinski definition) is 5. The Kier molecular flexibility index (Phi) is 3.91. The summed E-state index contributed by atoms with van der Waals surface area (Å²) >= 11 is 4.96. The summed E-state index contributed by atoms with van der Waals surface area (Å²) in [4.78, 5) is 8.52. The summed E-state index contributed by atoms with van der Waals surface area (Å²) in [6.45, 7) is 2.00. The minimum absolute atomic E-state index is 0.196. The summed E-state index contributed by atoms with van der Waals surface area (Å²) in [6.07, 6.45) is 3.12. The number of methoxy groups -OCH3 is 1. The van der Waals surface area contributed by atoms with Crippen LogP contribution in [-0.2, 0) is 0 Å². The Labute approximate surface area is 116 Å². The molecule has 0 spiro atoms. The van der Waals surface area contributed by atoms with Crippen LogP contribution in [-0.4, -0.2) is 22.1 Å². The third kappa shape index (κ3) is 2.97. The van der Waals surface area contributed by atoms with Gasteiger partial charge in [-0.05, 0) is 24.6 Å². The van der Waals surface area contributed by atoms with Gasteiger partial charge in [-0.25, -0.2) is 9.97 Å². The van der Waals surface area contributed by atoms with Crippen molar-refractivity contribution in [3.63, 3.8) is 0 Å². The number of nitrogens with one attached hydrogen (secondary N) is 1. The van der Waals surface area contributed by atoms with E-state index in [1.165, 1.54) is 0 Å². The molecule has 0 amide bonds. The number of rotatable bonds is 4. The first-order valence-electron chi connectivity index (χ1n) is 5.64. The molecule has 3 N–H and O–H groups in total. The van der Waals surface area contributed by atoms with Gasteiger partial charge in [0.2, 0.25) is 0 Å². The van der Waals surface area contributed by atoms with E-state index in [2.05, 4.69) is 15.3 Å². The zero-order valence-corrected chi connectivity index (χ0v) is 11.5. The highest BCUT2D eigenvalue weighted by atomic mass is 32.1. The van der Waals surface area contributed by atoms with Crippen molar-refractivity contribution >= 4 is 28.7 Å². The molecule has 0 saturated carbocycles. The van der Waals surface area contributed by atoms with Gasteiger partial charge in [0.15, 0.2) is 5.82 Å². The summed E-state index contributed by atoms with van der Waals surface area (Å²) in [5.74, 6) is 1.23. The lowest BCUT2D eigenvalue weighted by molar-refractivity contribution is 0.416. The lowest BCUT2D eigenvalue weighted by Gasteiger charge is -2.13. The molecule has 0 aliphatic rings. The molecule has 0 radical (unpaired) electrons. The second kappa shape index (κ2) is 5.62. The van der Waals surface area contributed by atoms with E-state index in [0.29, 0.717) is 17.3 Å². The highest BCUT2D eigenvalue weighted by Gasteiger charge is 2.10. The predicted molar refractivity (Wildman–Crippen MR) is 78.9 cm³/mol. The van der Waals surface area contributed by atoms with E-state index in [1.54, 1.807) is 19.5 Å². The normalized spacial score (nSPS) is 10.0. The fourth-order valence-corrected chi connectivity index (χ4v) is 1.81. The van der Waals surface area contributed by atoms with Crippen molar-refractivity contribution in [2.24, 2.45) is 5.73 Å². The second-order valence-corrected chi connectivity index (χ2v) is 4.39. The van der Waals surface area contributed by atoms with Crippen LogP contribution in [0, 0.1) is 6.92 Å². The Morgan fingerprint density at radius 3 is 2.74 bits per heavy atom. The van der Waals surface area contributed by atoms with Gasteiger partial charge in [-0.2, -0.15) is 0 Å².